The summed E-state index contributed by atoms with van der Waals surface area (Å²) in [6, 6.07) is 9.69. The summed E-state index contributed by atoms with van der Waals surface area (Å²) in [4.78, 5) is 16.0. The van der Waals surface area contributed by atoms with Crippen LogP contribution in [0.2, 0.25) is 10.2 Å². The molecule has 0 aliphatic rings. The summed E-state index contributed by atoms with van der Waals surface area (Å²) in [5, 5.41) is 11.1. The second-order valence-corrected chi connectivity index (χ2v) is 6.28. The zero-order chi connectivity index (χ0) is 18.1. The topological polar surface area (TPSA) is 64.3 Å². The van der Waals surface area contributed by atoms with Crippen LogP contribution in [0.15, 0.2) is 36.5 Å². The summed E-state index contributed by atoms with van der Waals surface area (Å²) in [5.41, 5.74) is 1.26. The Hall–Kier alpha value is -2.24. The van der Waals surface area contributed by atoms with Gasteiger partial charge in [-0.05, 0) is 19.4 Å². The van der Waals surface area contributed by atoms with Gasteiger partial charge >= 0.3 is 5.97 Å². The Morgan fingerprint density at radius 3 is 2.64 bits per heavy atom. The molecule has 0 aliphatic heterocycles. The Balaban J connectivity index is 2.21. The summed E-state index contributed by atoms with van der Waals surface area (Å²) < 4.78 is 6.74. The van der Waals surface area contributed by atoms with Gasteiger partial charge in [0.25, 0.3) is 0 Å². The number of benzene rings is 1. The number of ether oxygens (including phenoxy) is 1. The van der Waals surface area contributed by atoms with Crippen molar-refractivity contribution in [2.45, 2.75) is 19.9 Å². The number of esters is 1. The molecule has 1 N–H and O–H groups in total. The van der Waals surface area contributed by atoms with E-state index < -0.39 is 5.97 Å². The Kier molecular flexibility index (Phi) is 4.88. The number of halogens is 2. The summed E-state index contributed by atoms with van der Waals surface area (Å²) in [6.45, 7) is 3.81. The van der Waals surface area contributed by atoms with Crippen molar-refractivity contribution < 1.29 is 14.6 Å². The molecule has 2 aromatic heterocycles. The van der Waals surface area contributed by atoms with E-state index in [4.69, 9.17) is 27.9 Å². The molecule has 0 radical (unpaired) electrons. The molecule has 0 saturated carbocycles. The zero-order valence-electron chi connectivity index (χ0n) is 13.7. The van der Waals surface area contributed by atoms with Crippen LogP contribution in [-0.2, 0) is 4.74 Å². The number of pyridine rings is 1. The van der Waals surface area contributed by atoms with E-state index in [9.17, 15) is 9.90 Å². The van der Waals surface area contributed by atoms with Gasteiger partial charge in [-0.3, -0.25) is 0 Å². The molecule has 0 amide bonds. The van der Waals surface area contributed by atoms with E-state index in [2.05, 4.69) is 4.98 Å². The molecular formula is C18H16Cl2N2O3. The van der Waals surface area contributed by atoms with E-state index in [1.165, 1.54) is 0 Å². The molecule has 5 nitrogen and oxygen atoms in total. The first kappa shape index (κ1) is 17.6. The van der Waals surface area contributed by atoms with E-state index in [-0.39, 0.29) is 39.7 Å². The van der Waals surface area contributed by atoms with Crippen molar-refractivity contribution >= 4 is 40.1 Å². The predicted molar refractivity (Wildman–Crippen MR) is 97.6 cm³/mol. The van der Waals surface area contributed by atoms with Crippen molar-refractivity contribution in [1.29, 1.82) is 0 Å². The molecule has 1 atom stereocenters. The van der Waals surface area contributed by atoms with E-state index in [0.29, 0.717) is 5.52 Å². The highest BCUT2D eigenvalue weighted by Gasteiger charge is 2.25. The maximum atomic E-state index is 12.0. The Bertz CT molecular complexity index is 939. The van der Waals surface area contributed by atoms with Crippen molar-refractivity contribution in [2.75, 3.05) is 6.61 Å². The van der Waals surface area contributed by atoms with Gasteiger partial charge in [-0.25, -0.2) is 9.78 Å². The summed E-state index contributed by atoms with van der Waals surface area (Å²) >= 11 is 12.6. The fourth-order valence-electron chi connectivity index (χ4n) is 2.79. The second-order valence-electron chi connectivity index (χ2n) is 5.51. The van der Waals surface area contributed by atoms with Crippen LogP contribution >= 0.6 is 23.2 Å². The molecule has 3 aromatic rings. The number of carbonyl (C=O) groups is 1. The molecule has 0 spiro atoms. The van der Waals surface area contributed by atoms with Crippen molar-refractivity contribution in [3.05, 3.63) is 58.0 Å². The fourth-order valence-corrected chi connectivity index (χ4v) is 3.35. The number of fused-ring (bicyclic) bond motifs is 1. The van der Waals surface area contributed by atoms with E-state index >= 15 is 0 Å². The molecule has 7 heteroatoms. The number of hydrogen-bond acceptors (Lipinski definition) is 4. The second kappa shape index (κ2) is 6.94. The lowest BCUT2D eigenvalue weighted by Gasteiger charge is -2.16. The van der Waals surface area contributed by atoms with E-state index in [0.717, 1.165) is 5.56 Å². The summed E-state index contributed by atoms with van der Waals surface area (Å²) in [7, 11) is 0. The van der Waals surface area contributed by atoms with Gasteiger partial charge < -0.3 is 14.4 Å². The minimum Gasteiger partial charge on any atom is -0.505 e. The number of nitrogens with zero attached hydrogens (tertiary/aromatic N) is 2. The first-order valence-electron chi connectivity index (χ1n) is 7.76. The molecule has 0 aliphatic carbocycles. The van der Waals surface area contributed by atoms with Crippen LogP contribution in [0.3, 0.4) is 0 Å². The van der Waals surface area contributed by atoms with Crippen molar-refractivity contribution in [2.24, 2.45) is 0 Å². The minimum atomic E-state index is -0.747. The van der Waals surface area contributed by atoms with Gasteiger partial charge in [-0.1, -0.05) is 53.5 Å². The highest BCUT2D eigenvalue weighted by atomic mass is 35.5. The third-order valence-corrected chi connectivity index (χ3v) is 4.57. The van der Waals surface area contributed by atoms with Crippen molar-refractivity contribution in [1.82, 2.24) is 9.55 Å². The van der Waals surface area contributed by atoms with Crippen molar-refractivity contribution in [3.8, 4) is 5.75 Å². The standard InChI is InChI=1S/C18H16Cl2N2O3/c1-3-25-18(24)14-16(23)13-12(19)9-22(15(13)17(20)21-14)10(2)11-7-5-4-6-8-11/h4-10,23H,3H2,1-2H3. The molecule has 0 fully saturated rings. The van der Waals surface area contributed by atoms with Gasteiger partial charge in [-0.15, -0.1) is 0 Å². The molecule has 1 aromatic carbocycles. The van der Waals surface area contributed by atoms with Gasteiger partial charge in [0, 0.05) is 6.20 Å². The normalized spacial score (nSPS) is 12.3. The third-order valence-electron chi connectivity index (χ3n) is 4.02. The third kappa shape index (κ3) is 3.05. The van der Waals surface area contributed by atoms with Crippen LogP contribution in [0.4, 0.5) is 0 Å². The largest absolute Gasteiger partial charge is 0.505 e. The molecule has 3 rings (SSSR count). The Morgan fingerprint density at radius 2 is 2.00 bits per heavy atom. The number of aromatic hydroxyl groups is 1. The molecule has 2 heterocycles. The lowest BCUT2D eigenvalue weighted by molar-refractivity contribution is 0.0516. The van der Waals surface area contributed by atoms with Gasteiger partial charge in [0.15, 0.2) is 16.6 Å². The molecule has 130 valence electrons. The SMILES string of the molecule is CCOC(=O)c1nc(Cl)c2c(c(Cl)cn2C(C)c2ccccc2)c1O. The lowest BCUT2D eigenvalue weighted by Crippen LogP contribution is -2.09. The predicted octanol–water partition coefficient (Wildman–Crippen LogP) is 4.83. The highest BCUT2D eigenvalue weighted by Crippen LogP contribution is 2.40. The summed E-state index contributed by atoms with van der Waals surface area (Å²) in [6.07, 6.45) is 1.67. The van der Waals surface area contributed by atoms with Crippen molar-refractivity contribution in [3.63, 3.8) is 0 Å². The van der Waals surface area contributed by atoms with E-state index in [1.807, 2.05) is 41.8 Å². The molecule has 0 saturated heterocycles. The summed E-state index contributed by atoms with van der Waals surface area (Å²) in [5.74, 6) is -1.08. The maximum Gasteiger partial charge on any atom is 0.360 e. The maximum absolute atomic E-state index is 12.0. The monoisotopic (exact) mass is 378 g/mol. The number of carbonyl (C=O) groups excluding carboxylic acids is 1. The van der Waals surface area contributed by atoms with Crippen LogP contribution in [0.25, 0.3) is 10.9 Å². The van der Waals surface area contributed by atoms with Crippen LogP contribution < -0.4 is 0 Å². The number of rotatable bonds is 4. The van der Waals surface area contributed by atoms with Crippen LogP contribution in [0, 0.1) is 0 Å². The van der Waals surface area contributed by atoms with Gasteiger partial charge in [0.05, 0.1) is 28.6 Å². The number of aromatic nitrogens is 2. The quantitative estimate of drug-likeness (QED) is 0.521. The Morgan fingerprint density at radius 1 is 1.32 bits per heavy atom. The highest BCUT2D eigenvalue weighted by molar-refractivity contribution is 6.40. The van der Waals surface area contributed by atoms with Crippen LogP contribution in [-0.4, -0.2) is 27.2 Å². The molecular weight excluding hydrogens is 363 g/mol. The first-order chi connectivity index (χ1) is 12.0. The fraction of sp³-hybridized carbons (Fsp3) is 0.222. The molecule has 25 heavy (non-hydrogen) atoms. The smallest absolute Gasteiger partial charge is 0.360 e. The average Bonchev–Trinajstić information content (AvgIpc) is 2.96. The molecule has 1 unspecified atom stereocenters. The van der Waals surface area contributed by atoms with Gasteiger partial charge in [0.1, 0.15) is 0 Å². The average molecular weight is 379 g/mol. The lowest BCUT2D eigenvalue weighted by atomic mass is 10.1. The van der Waals surface area contributed by atoms with E-state index in [1.54, 1.807) is 13.1 Å². The molecule has 0 bridgehead atoms. The first-order valence-corrected chi connectivity index (χ1v) is 8.51. The number of hydrogen-bond donors (Lipinski definition) is 1. The zero-order valence-corrected chi connectivity index (χ0v) is 15.2. The van der Waals surface area contributed by atoms with Gasteiger partial charge in [-0.2, -0.15) is 0 Å². The minimum absolute atomic E-state index is 0.0746. The van der Waals surface area contributed by atoms with Gasteiger partial charge in [0.2, 0.25) is 0 Å². The van der Waals surface area contributed by atoms with Crippen LogP contribution in [0.5, 0.6) is 5.75 Å². The Labute approximate surface area is 154 Å². The van der Waals surface area contributed by atoms with Crippen LogP contribution in [0.1, 0.15) is 35.9 Å².